The lowest BCUT2D eigenvalue weighted by molar-refractivity contribution is 0.305. The molecule has 21 heavy (non-hydrogen) atoms. The van der Waals surface area contributed by atoms with Crippen LogP contribution < -0.4 is 5.32 Å². The highest BCUT2D eigenvalue weighted by Gasteiger charge is 2.26. The summed E-state index contributed by atoms with van der Waals surface area (Å²) in [7, 11) is 0. The molecule has 3 heteroatoms. The minimum Gasteiger partial charge on any atom is -0.307 e. The molecule has 0 spiro atoms. The fraction of sp³-hybridized carbons (Fsp3) is 0.667. The Morgan fingerprint density at radius 1 is 1.14 bits per heavy atom. The Labute approximate surface area is 138 Å². The molecule has 2 atom stereocenters. The molecule has 1 nitrogen and oxygen atoms in total. The molecule has 0 bridgehead atoms. The van der Waals surface area contributed by atoms with Gasteiger partial charge in [0.15, 0.2) is 0 Å². The van der Waals surface area contributed by atoms with E-state index < -0.39 is 0 Å². The molecular weight excluding hydrogens is 298 g/mol. The number of nitrogens with one attached hydrogen (secondary N) is 1. The lowest BCUT2D eigenvalue weighted by atomic mass is 9.91. The van der Waals surface area contributed by atoms with E-state index in [0.717, 1.165) is 10.9 Å². The number of halogens is 1. The van der Waals surface area contributed by atoms with Gasteiger partial charge in [-0.2, -0.15) is 0 Å². The second kappa shape index (κ2) is 7.39. The normalized spacial score (nSPS) is 25.1. The van der Waals surface area contributed by atoms with E-state index >= 15 is 0 Å². The predicted molar refractivity (Wildman–Crippen MR) is 93.3 cm³/mol. The summed E-state index contributed by atoms with van der Waals surface area (Å²) in [5.74, 6) is 2.06. The maximum atomic E-state index is 6.21. The summed E-state index contributed by atoms with van der Waals surface area (Å²) in [6.45, 7) is 2.39. The van der Waals surface area contributed by atoms with Crippen LogP contribution in [-0.2, 0) is 0 Å². The van der Waals surface area contributed by atoms with E-state index in [4.69, 9.17) is 11.6 Å². The molecule has 1 heterocycles. The van der Waals surface area contributed by atoms with Crippen molar-refractivity contribution in [1.29, 1.82) is 0 Å². The summed E-state index contributed by atoms with van der Waals surface area (Å²) in [5.41, 5.74) is 1.42. The fourth-order valence-electron chi connectivity index (χ4n) is 3.80. The largest absolute Gasteiger partial charge is 0.307 e. The highest BCUT2D eigenvalue weighted by atomic mass is 35.5. The molecule has 1 unspecified atom stereocenters. The van der Waals surface area contributed by atoms with Gasteiger partial charge in [-0.25, -0.2) is 0 Å². The number of hydrogen-bond donors (Lipinski definition) is 1. The maximum Gasteiger partial charge on any atom is 0.0410 e. The third kappa shape index (κ3) is 3.97. The molecule has 2 aliphatic rings. The maximum absolute atomic E-state index is 6.21. The molecular formula is C18H26ClNS. The second-order valence-electron chi connectivity index (χ2n) is 6.58. The first-order chi connectivity index (χ1) is 10.2. The Morgan fingerprint density at radius 3 is 2.67 bits per heavy atom. The zero-order valence-electron chi connectivity index (χ0n) is 12.9. The summed E-state index contributed by atoms with van der Waals surface area (Å²) >= 11 is 8.18. The number of benzene rings is 1. The number of thioether (sulfide) groups is 1. The number of hydrogen-bond acceptors (Lipinski definition) is 2. The Hall–Kier alpha value is -0.180. The van der Waals surface area contributed by atoms with E-state index in [9.17, 15) is 0 Å². The van der Waals surface area contributed by atoms with Crippen LogP contribution >= 0.6 is 23.4 Å². The van der Waals surface area contributed by atoms with Crippen molar-refractivity contribution in [3.8, 4) is 0 Å². The molecule has 1 fully saturated rings. The van der Waals surface area contributed by atoms with Crippen molar-refractivity contribution in [1.82, 2.24) is 5.32 Å². The lowest BCUT2D eigenvalue weighted by Gasteiger charge is -2.32. The van der Waals surface area contributed by atoms with Crippen LogP contribution in [0.15, 0.2) is 23.1 Å². The van der Waals surface area contributed by atoms with Crippen molar-refractivity contribution in [2.45, 2.75) is 68.8 Å². The minimum absolute atomic E-state index is 0.484. The molecule has 116 valence electrons. The van der Waals surface area contributed by atoms with Crippen molar-refractivity contribution >= 4 is 23.4 Å². The summed E-state index contributed by atoms with van der Waals surface area (Å²) in [6.07, 6.45) is 9.72. The van der Waals surface area contributed by atoms with Crippen LogP contribution in [-0.4, -0.2) is 11.8 Å². The molecule has 0 radical (unpaired) electrons. The van der Waals surface area contributed by atoms with Gasteiger partial charge in [-0.15, -0.1) is 11.8 Å². The Morgan fingerprint density at radius 2 is 1.90 bits per heavy atom. The lowest BCUT2D eigenvalue weighted by Crippen LogP contribution is -2.37. The fourth-order valence-corrected chi connectivity index (χ4v) is 5.09. The van der Waals surface area contributed by atoms with E-state index in [-0.39, 0.29) is 0 Å². The molecule has 3 rings (SSSR count). The van der Waals surface area contributed by atoms with Crippen molar-refractivity contribution in [3.63, 3.8) is 0 Å². The zero-order chi connectivity index (χ0) is 14.7. The van der Waals surface area contributed by atoms with Crippen LogP contribution in [0.25, 0.3) is 0 Å². The molecule has 1 aliphatic carbocycles. The van der Waals surface area contributed by atoms with Crippen molar-refractivity contribution in [2.75, 3.05) is 5.75 Å². The summed E-state index contributed by atoms with van der Waals surface area (Å²) in [4.78, 5) is 1.41. The number of rotatable bonds is 3. The van der Waals surface area contributed by atoms with Gasteiger partial charge in [0.1, 0.15) is 0 Å². The van der Waals surface area contributed by atoms with Crippen molar-refractivity contribution < 1.29 is 0 Å². The van der Waals surface area contributed by atoms with Crippen molar-refractivity contribution in [3.05, 3.63) is 28.8 Å². The molecule has 0 amide bonds. The van der Waals surface area contributed by atoms with E-state index in [0.29, 0.717) is 12.1 Å². The first kappa shape index (κ1) is 15.7. The quantitative estimate of drug-likeness (QED) is 0.703. The highest BCUT2D eigenvalue weighted by molar-refractivity contribution is 7.99. The Balaban J connectivity index is 1.69. The second-order valence-corrected chi connectivity index (χ2v) is 8.15. The van der Waals surface area contributed by atoms with Crippen molar-refractivity contribution in [2.24, 2.45) is 5.92 Å². The van der Waals surface area contributed by atoms with Crippen LogP contribution in [0.3, 0.4) is 0 Å². The van der Waals surface area contributed by atoms with Gasteiger partial charge in [0.25, 0.3) is 0 Å². The SMILES string of the molecule is C[C@H](NC1CCSc2ccc(Cl)cc21)C1CCCCCC1. The average molecular weight is 324 g/mol. The smallest absolute Gasteiger partial charge is 0.0410 e. The van der Waals surface area contributed by atoms with Gasteiger partial charge in [-0.05, 0) is 61.6 Å². The molecule has 0 aromatic heterocycles. The van der Waals surface area contributed by atoms with Gasteiger partial charge >= 0.3 is 0 Å². The minimum atomic E-state index is 0.484. The monoisotopic (exact) mass is 323 g/mol. The van der Waals surface area contributed by atoms with Gasteiger partial charge in [-0.1, -0.05) is 37.3 Å². The molecule has 1 aliphatic heterocycles. The van der Waals surface area contributed by atoms with Crippen LogP contribution in [0, 0.1) is 5.92 Å². The first-order valence-electron chi connectivity index (χ1n) is 8.42. The molecule has 0 saturated heterocycles. The first-order valence-corrected chi connectivity index (χ1v) is 9.78. The molecule has 1 N–H and O–H groups in total. The van der Waals surface area contributed by atoms with E-state index in [1.54, 1.807) is 0 Å². The third-order valence-corrected chi connectivity index (χ3v) is 6.44. The van der Waals surface area contributed by atoms with Crippen LogP contribution in [0.5, 0.6) is 0 Å². The predicted octanol–water partition coefficient (Wildman–Crippen LogP) is 5.83. The average Bonchev–Trinajstić information content (AvgIpc) is 2.77. The van der Waals surface area contributed by atoms with Gasteiger partial charge in [-0.3, -0.25) is 0 Å². The molecule has 1 aromatic rings. The Kier molecular flexibility index (Phi) is 5.53. The summed E-state index contributed by atoms with van der Waals surface area (Å²) in [5, 5.41) is 4.79. The Bertz CT molecular complexity index is 468. The number of fused-ring (bicyclic) bond motifs is 1. The van der Waals surface area contributed by atoms with Gasteiger partial charge in [0, 0.05) is 22.0 Å². The van der Waals surface area contributed by atoms with Crippen LogP contribution in [0.1, 0.15) is 63.5 Å². The van der Waals surface area contributed by atoms with Gasteiger partial charge < -0.3 is 5.32 Å². The third-order valence-electron chi connectivity index (χ3n) is 5.08. The highest BCUT2D eigenvalue weighted by Crippen LogP contribution is 2.38. The van der Waals surface area contributed by atoms with E-state index in [1.165, 1.54) is 61.2 Å². The topological polar surface area (TPSA) is 12.0 Å². The van der Waals surface area contributed by atoms with E-state index in [1.807, 2.05) is 17.8 Å². The standard InChI is InChI=1S/C18H26ClNS/c1-13(14-6-4-2-3-5-7-14)20-17-10-11-21-18-9-8-15(19)12-16(17)18/h8-9,12-14,17,20H,2-7,10-11H2,1H3/t13-,17?/m0/s1. The summed E-state index contributed by atoms with van der Waals surface area (Å²) in [6, 6.07) is 7.47. The van der Waals surface area contributed by atoms with Crippen LogP contribution in [0.2, 0.25) is 5.02 Å². The molecule has 1 aromatic carbocycles. The zero-order valence-corrected chi connectivity index (χ0v) is 14.5. The van der Waals surface area contributed by atoms with E-state index in [2.05, 4.69) is 24.4 Å². The summed E-state index contributed by atoms with van der Waals surface area (Å²) < 4.78 is 0. The van der Waals surface area contributed by atoms with Gasteiger partial charge in [0.2, 0.25) is 0 Å². The van der Waals surface area contributed by atoms with Crippen LogP contribution in [0.4, 0.5) is 0 Å². The molecule has 1 saturated carbocycles. The van der Waals surface area contributed by atoms with Gasteiger partial charge in [0.05, 0.1) is 0 Å².